The lowest BCUT2D eigenvalue weighted by Crippen LogP contribution is -2.37. The van der Waals surface area contributed by atoms with Gasteiger partial charge < -0.3 is 4.90 Å². The maximum absolute atomic E-state index is 13.7. The van der Waals surface area contributed by atoms with Gasteiger partial charge in [0.2, 0.25) is 0 Å². The molecule has 36 heavy (non-hydrogen) atoms. The second-order valence-corrected chi connectivity index (χ2v) is 10.1. The van der Waals surface area contributed by atoms with E-state index < -0.39 is 0 Å². The Morgan fingerprint density at radius 3 is 2.17 bits per heavy atom. The van der Waals surface area contributed by atoms with Crippen LogP contribution in [0.1, 0.15) is 77.1 Å². The summed E-state index contributed by atoms with van der Waals surface area (Å²) in [6, 6.07) is 13.5. The van der Waals surface area contributed by atoms with Gasteiger partial charge in [-0.1, -0.05) is 64.0 Å². The highest BCUT2D eigenvalue weighted by atomic mass is 19.1. The molecule has 0 bridgehead atoms. The number of fused-ring (bicyclic) bond motifs is 1. The monoisotopic (exact) mass is 494 g/mol. The molecule has 1 unspecified atom stereocenters. The first kappa shape index (κ1) is 28.0. The summed E-state index contributed by atoms with van der Waals surface area (Å²) < 4.78 is 15.4. The molecular formula is C30H43FN4O. The normalized spacial score (nSPS) is 12.6. The lowest BCUT2D eigenvalue weighted by atomic mass is 10.1. The largest absolute Gasteiger partial charge is 0.308 e. The van der Waals surface area contributed by atoms with Crippen molar-refractivity contribution in [3.05, 3.63) is 70.5 Å². The zero-order chi connectivity index (χ0) is 25.9. The third kappa shape index (κ3) is 7.71. The molecule has 1 aromatic heterocycles. The first-order valence-corrected chi connectivity index (χ1v) is 13.6. The number of benzene rings is 2. The third-order valence-corrected chi connectivity index (χ3v) is 6.94. The van der Waals surface area contributed by atoms with Crippen LogP contribution in [-0.2, 0) is 0 Å². The van der Waals surface area contributed by atoms with Crippen molar-refractivity contribution in [2.24, 2.45) is 0 Å². The smallest absolute Gasteiger partial charge is 0.266 e. The van der Waals surface area contributed by atoms with Crippen LogP contribution in [0.2, 0.25) is 0 Å². The van der Waals surface area contributed by atoms with Crippen LogP contribution in [0.3, 0.4) is 0 Å². The van der Waals surface area contributed by atoms with Crippen molar-refractivity contribution in [2.45, 2.75) is 71.3 Å². The van der Waals surface area contributed by atoms with E-state index in [1.807, 2.05) is 24.3 Å². The fourth-order valence-electron chi connectivity index (χ4n) is 4.71. The molecule has 0 aliphatic heterocycles. The first-order valence-electron chi connectivity index (χ1n) is 13.6. The highest BCUT2D eigenvalue weighted by Gasteiger charge is 2.23. The van der Waals surface area contributed by atoms with Crippen molar-refractivity contribution >= 4 is 10.9 Å². The molecule has 0 spiro atoms. The molecule has 1 atom stereocenters. The second-order valence-electron chi connectivity index (χ2n) is 10.1. The molecule has 0 aliphatic carbocycles. The molecule has 0 aliphatic rings. The minimum Gasteiger partial charge on any atom is -0.308 e. The van der Waals surface area contributed by atoms with Crippen LogP contribution in [-0.4, -0.2) is 53.1 Å². The molecule has 0 radical (unpaired) electrons. The van der Waals surface area contributed by atoms with Crippen molar-refractivity contribution in [1.82, 2.24) is 19.4 Å². The molecule has 1 heterocycles. The van der Waals surface area contributed by atoms with Crippen LogP contribution in [0.5, 0.6) is 0 Å². The fourth-order valence-corrected chi connectivity index (χ4v) is 4.71. The Hall–Kier alpha value is -2.57. The van der Waals surface area contributed by atoms with E-state index in [4.69, 9.17) is 4.98 Å². The Labute approximate surface area is 216 Å². The predicted octanol–water partition coefficient (Wildman–Crippen LogP) is 6.59. The fraction of sp³-hybridized carbons (Fsp3) is 0.533. The predicted molar refractivity (Wildman–Crippen MR) is 148 cm³/mol. The highest BCUT2D eigenvalue weighted by Crippen LogP contribution is 2.23. The van der Waals surface area contributed by atoms with E-state index in [1.165, 1.54) is 57.1 Å². The Bertz CT molecular complexity index is 1130. The molecule has 0 fully saturated rings. The minimum absolute atomic E-state index is 0.0723. The average molecular weight is 495 g/mol. The molecule has 196 valence electrons. The lowest BCUT2D eigenvalue weighted by molar-refractivity contribution is 0.178. The Morgan fingerprint density at radius 2 is 1.50 bits per heavy atom. The molecular weight excluding hydrogens is 451 g/mol. The molecule has 0 saturated carbocycles. The van der Waals surface area contributed by atoms with Gasteiger partial charge in [0.1, 0.15) is 11.6 Å². The number of halogens is 1. The van der Waals surface area contributed by atoms with Gasteiger partial charge in [0.25, 0.3) is 5.56 Å². The molecule has 0 amide bonds. The van der Waals surface area contributed by atoms with Crippen LogP contribution in [0.15, 0.2) is 53.3 Å². The van der Waals surface area contributed by atoms with Gasteiger partial charge in [0, 0.05) is 13.1 Å². The van der Waals surface area contributed by atoms with Gasteiger partial charge in [-0.05, 0) is 70.4 Å². The molecule has 3 rings (SSSR count). The summed E-state index contributed by atoms with van der Waals surface area (Å²) in [6.45, 7) is 7.16. The van der Waals surface area contributed by atoms with Crippen molar-refractivity contribution in [2.75, 3.05) is 33.7 Å². The highest BCUT2D eigenvalue weighted by molar-refractivity contribution is 5.77. The first-order chi connectivity index (χ1) is 17.4. The summed E-state index contributed by atoms with van der Waals surface area (Å²) in [5.41, 5.74) is 1.22. The van der Waals surface area contributed by atoms with Crippen molar-refractivity contribution in [3.63, 3.8) is 0 Å². The Morgan fingerprint density at radius 1 is 0.861 bits per heavy atom. The van der Waals surface area contributed by atoms with Crippen molar-refractivity contribution < 1.29 is 4.39 Å². The van der Waals surface area contributed by atoms with E-state index in [2.05, 4.69) is 37.7 Å². The molecule has 2 aromatic carbocycles. The van der Waals surface area contributed by atoms with E-state index in [0.717, 1.165) is 26.1 Å². The lowest BCUT2D eigenvalue weighted by Gasteiger charge is -2.31. The summed E-state index contributed by atoms with van der Waals surface area (Å²) in [5.74, 6) is 0.376. The maximum atomic E-state index is 13.7. The second kappa shape index (κ2) is 14.2. The number of rotatable bonds is 15. The topological polar surface area (TPSA) is 41.4 Å². The van der Waals surface area contributed by atoms with Gasteiger partial charge in [-0.2, -0.15) is 0 Å². The minimum atomic E-state index is -0.322. The summed E-state index contributed by atoms with van der Waals surface area (Å²) in [4.78, 5) is 23.2. The number of unbranched alkanes of at least 4 members (excludes halogenated alkanes) is 7. The van der Waals surface area contributed by atoms with E-state index >= 15 is 0 Å². The summed E-state index contributed by atoms with van der Waals surface area (Å²) >= 11 is 0. The number of nitrogens with zero attached hydrogens (tertiary/aromatic N) is 4. The molecule has 0 saturated heterocycles. The van der Waals surface area contributed by atoms with Crippen LogP contribution < -0.4 is 5.56 Å². The Balaban J connectivity index is 1.86. The SMILES string of the molecule is CCCCCCCCCCN(CCN(C)C)C(C)c1nc2ccccc2c(=O)n1-c1ccc(F)cc1. The molecule has 3 aromatic rings. The van der Waals surface area contributed by atoms with E-state index in [0.29, 0.717) is 22.4 Å². The van der Waals surface area contributed by atoms with Crippen LogP contribution in [0.25, 0.3) is 16.6 Å². The third-order valence-electron chi connectivity index (χ3n) is 6.94. The van der Waals surface area contributed by atoms with Gasteiger partial charge in [-0.3, -0.25) is 14.3 Å². The number of aromatic nitrogens is 2. The number of hydrogen-bond donors (Lipinski definition) is 0. The van der Waals surface area contributed by atoms with Gasteiger partial charge in [-0.15, -0.1) is 0 Å². The van der Waals surface area contributed by atoms with Gasteiger partial charge in [0.05, 0.1) is 22.6 Å². The summed E-state index contributed by atoms with van der Waals surface area (Å²) in [5, 5.41) is 0.570. The zero-order valence-corrected chi connectivity index (χ0v) is 22.5. The number of para-hydroxylation sites is 1. The zero-order valence-electron chi connectivity index (χ0n) is 22.5. The summed E-state index contributed by atoms with van der Waals surface area (Å²) in [7, 11) is 4.17. The van der Waals surface area contributed by atoms with E-state index in [-0.39, 0.29) is 17.4 Å². The van der Waals surface area contributed by atoms with Crippen LogP contribution in [0, 0.1) is 5.82 Å². The average Bonchev–Trinajstić information content (AvgIpc) is 2.87. The van der Waals surface area contributed by atoms with Crippen LogP contribution >= 0.6 is 0 Å². The molecule has 5 nitrogen and oxygen atoms in total. The molecule has 6 heteroatoms. The quantitative estimate of drug-likeness (QED) is 0.224. The van der Waals surface area contributed by atoms with Gasteiger partial charge >= 0.3 is 0 Å². The standard InChI is InChI=1S/C30H43FN4O/c1-5-6-7-8-9-10-11-14-21-34(23-22-33(3)4)24(2)29-32-28-16-13-12-15-27(28)30(36)35(29)26-19-17-25(31)18-20-26/h12-13,15-20,24H,5-11,14,21-23H2,1-4H3. The van der Waals surface area contributed by atoms with E-state index in [1.54, 1.807) is 16.7 Å². The molecule has 0 N–H and O–H groups in total. The number of hydrogen-bond acceptors (Lipinski definition) is 4. The number of likely N-dealkylation sites (N-methyl/N-ethyl adjacent to an activating group) is 1. The van der Waals surface area contributed by atoms with Crippen molar-refractivity contribution in [3.8, 4) is 5.69 Å². The van der Waals surface area contributed by atoms with Crippen LogP contribution in [0.4, 0.5) is 4.39 Å². The maximum Gasteiger partial charge on any atom is 0.266 e. The Kier molecular flexibility index (Phi) is 11.1. The summed E-state index contributed by atoms with van der Waals surface area (Å²) in [6.07, 6.45) is 10.2. The van der Waals surface area contributed by atoms with Gasteiger partial charge in [-0.25, -0.2) is 9.37 Å². The van der Waals surface area contributed by atoms with Crippen molar-refractivity contribution in [1.29, 1.82) is 0 Å². The van der Waals surface area contributed by atoms with Gasteiger partial charge in [0.15, 0.2) is 0 Å². The van der Waals surface area contributed by atoms with E-state index in [9.17, 15) is 9.18 Å².